The highest BCUT2D eigenvalue weighted by atomic mass is 19.1. The molecule has 4 aromatic rings. The van der Waals surface area contributed by atoms with Gasteiger partial charge in [-0.1, -0.05) is 0 Å². The summed E-state index contributed by atoms with van der Waals surface area (Å²) in [6, 6.07) is 1.49. The van der Waals surface area contributed by atoms with Crippen LogP contribution in [-0.4, -0.2) is 30.9 Å². The smallest absolute Gasteiger partial charge is 0.224 e. The Bertz CT molecular complexity index is 1050. The number of halogens is 1. The molecule has 1 fully saturated rings. The number of hydrogen-bond donors (Lipinski definition) is 2. The van der Waals surface area contributed by atoms with Gasteiger partial charge in [0, 0.05) is 54.0 Å². The van der Waals surface area contributed by atoms with Gasteiger partial charge in [-0.3, -0.25) is 0 Å². The van der Waals surface area contributed by atoms with Gasteiger partial charge in [-0.2, -0.15) is 4.98 Å². The number of rotatable bonds is 4. The number of hydrogen-bond acceptors (Lipinski definition) is 4. The van der Waals surface area contributed by atoms with Gasteiger partial charge in [0.15, 0.2) is 11.5 Å². The summed E-state index contributed by atoms with van der Waals surface area (Å²) in [4.78, 5) is 16.0. The number of H-pyrrole nitrogens is 1. The Balaban J connectivity index is 1.55. The Morgan fingerprint density at radius 2 is 2.25 bits per heavy atom. The predicted molar refractivity (Wildman–Crippen MR) is 89.2 cm³/mol. The Kier molecular flexibility index (Phi) is 2.82. The first kappa shape index (κ1) is 13.5. The highest BCUT2D eigenvalue weighted by Crippen LogP contribution is 2.30. The maximum Gasteiger partial charge on any atom is 0.224 e. The Morgan fingerprint density at radius 3 is 3.12 bits per heavy atom. The second-order valence-electron chi connectivity index (χ2n) is 6.22. The number of anilines is 1. The SMILES string of the molecule is Fc1cc(-c2c[nH]c3nc(NCC4CC4)ncc23)cn2ccnc12. The molecule has 5 rings (SSSR count). The fourth-order valence-electron chi connectivity index (χ4n) is 2.93. The predicted octanol–water partition coefficient (Wildman–Crippen LogP) is 3.23. The van der Waals surface area contributed by atoms with Crippen LogP contribution in [-0.2, 0) is 0 Å². The van der Waals surface area contributed by atoms with Crippen molar-refractivity contribution in [3.05, 3.63) is 42.9 Å². The summed E-state index contributed by atoms with van der Waals surface area (Å²) in [5.41, 5.74) is 2.69. The van der Waals surface area contributed by atoms with Crippen LogP contribution in [0.15, 0.2) is 37.1 Å². The van der Waals surface area contributed by atoms with Gasteiger partial charge < -0.3 is 14.7 Å². The number of aromatic nitrogens is 5. The second-order valence-corrected chi connectivity index (χ2v) is 6.22. The lowest BCUT2D eigenvalue weighted by molar-refractivity contribution is 0.630. The zero-order valence-electron chi connectivity index (χ0n) is 12.8. The van der Waals surface area contributed by atoms with E-state index in [0.29, 0.717) is 11.6 Å². The maximum absolute atomic E-state index is 14.2. The van der Waals surface area contributed by atoms with Crippen molar-refractivity contribution in [2.75, 3.05) is 11.9 Å². The van der Waals surface area contributed by atoms with Gasteiger partial charge in [0.2, 0.25) is 5.95 Å². The van der Waals surface area contributed by atoms with Crippen LogP contribution < -0.4 is 5.32 Å². The summed E-state index contributed by atoms with van der Waals surface area (Å²) in [5, 5.41) is 4.13. The van der Waals surface area contributed by atoms with Crippen molar-refractivity contribution in [3.63, 3.8) is 0 Å². The monoisotopic (exact) mass is 322 g/mol. The average molecular weight is 322 g/mol. The van der Waals surface area contributed by atoms with Crippen molar-refractivity contribution in [2.45, 2.75) is 12.8 Å². The zero-order chi connectivity index (χ0) is 16.1. The zero-order valence-corrected chi connectivity index (χ0v) is 12.8. The summed E-state index contributed by atoms with van der Waals surface area (Å²) in [5.74, 6) is 1.03. The summed E-state index contributed by atoms with van der Waals surface area (Å²) >= 11 is 0. The molecule has 0 amide bonds. The lowest BCUT2D eigenvalue weighted by Gasteiger charge is -2.04. The molecule has 0 bridgehead atoms. The molecule has 4 aromatic heterocycles. The molecule has 1 aliphatic carbocycles. The van der Waals surface area contributed by atoms with Crippen LogP contribution in [0.5, 0.6) is 0 Å². The number of pyridine rings is 1. The first-order valence-electron chi connectivity index (χ1n) is 7.98. The van der Waals surface area contributed by atoms with E-state index in [0.717, 1.165) is 34.6 Å². The van der Waals surface area contributed by atoms with Gasteiger partial charge in [0.05, 0.1) is 0 Å². The third-order valence-corrected chi connectivity index (χ3v) is 4.43. The van der Waals surface area contributed by atoms with Gasteiger partial charge in [0.1, 0.15) is 5.65 Å². The van der Waals surface area contributed by atoms with Gasteiger partial charge in [-0.25, -0.2) is 14.4 Å². The van der Waals surface area contributed by atoms with E-state index in [2.05, 4.69) is 25.3 Å². The molecule has 0 aliphatic heterocycles. The lowest BCUT2D eigenvalue weighted by atomic mass is 10.1. The van der Waals surface area contributed by atoms with Gasteiger partial charge >= 0.3 is 0 Å². The number of nitrogens with one attached hydrogen (secondary N) is 2. The summed E-state index contributed by atoms with van der Waals surface area (Å²) in [6.07, 6.45) is 11.3. The molecule has 0 radical (unpaired) electrons. The van der Waals surface area contributed by atoms with Crippen LogP contribution in [0.2, 0.25) is 0 Å². The van der Waals surface area contributed by atoms with Crippen molar-refractivity contribution in [2.24, 2.45) is 5.92 Å². The topological polar surface area (TPSA) is 70.9 Å². The number of nitrogens with zero attached hydrogens (tertiary/aromatic N) is 4. The summed E-state index contributed by atoms with van der Waals surface area (Å²) < 4.78 is 15.9. The average Bonchev–Trinajstić information content (AvgIpc) is 3.12. The minimum Gasteiger partial charge on any atom is -0.354 e. The fraction of sp³-hybridized carbons (Fsp3) is 0.235. The summed E-state index contributed by atoms with van der Waals surface area (Å²) in [6.45, 7) is 0.918. The number of imidazole rings is 1. The molecule has 7 heteroatoms. The summed E-state index contributed by atoms with van der Waals surface area (Å²) in [7, 11) is 0. The molecule has 0 atom stereocenters. The largest absolute Gasteiger partial charge is 0.354 e. The first-order valence-corrected chi connectivity index (χ1v) is 7.98. The molecule has 1 saturated carbocycles. The van der Waals surface area contributed by atoms with Crippen LogP contribution in [0.4, 0.5) is 10.3 Å². The van der Waals surface area contributed by atoms with Gasteiger partial charge in [-0.05, 0) is 24.8 Å². The second kappa shape index (κ2) is 5.02. The molecule has 0 saturated heterocycles. The molecule has 0 unspecified atom stereocenters. The minimum absolute atomic E-state index is 0.321. The quantitative estimate of drug-likeness (QED) is 0.605. The third-order valence-electron chi connectivity index (χ3n) is 4.43. The van der Waals surface area contributed by atoms with Crippen molar-refractivity contribution in [1.82, 2.24) is 24.3 Å². The van der Waals surface area contributed by atoms with Crippen molar-refractivity contribution in [3.8, 4) is 11.1 Å². The number of aromatic amines is 1. The van der Waals surface area contributed by atoms with Crippen molar-refractivity contribution >= 4 is 22.6 Å². The molecular weight excluding hydrogens is 307 g/mol. The van der Waals surface area contributed by atoms with Crippen molar-refractivity contribution < 1.29 is 4.39 Å². The van der Waals surface area contributed by atoms with E-state index in [4.69, 9.17) is 0 Å². The molecule has 2 N–H and O–H groups in total. The van der Waals surface area contributed by atoms with Crippen LogP contribution in [0, 0.1) is 11.7 Å². The van der Waals surface area contributed by atoms with E-state index in [1.54, 1.807) is 23.0 Å². The van der Waals surface area contributed by atoms with E-state index in [1.807, 2.05) is 12.4 Å². The van der Waals surface area contributed by atoms with Crippen LogP contribution in [0.1, 0.15) is 12.8 Å². The Hall–Kier alpha value is -2.96. The molecule has 0 spiro atoms. The van der Waals surface area contributed by atoms with E-state index < -0.39 is 0 Å². The normalized spacial score (nSPS) is 14.5. The maximum atomic E-state index is 14.2. The molecule has 1 aliphatic rings. The Labute approximate surface area is 136 Å². The third kappa shape index (κ3) is 2.20. The fourth-order valence-corrected chi connectivity index (χ4v) is 2.93. The van der Waals surface area contributed by atoms with Crippen molar-refractivity contribution in [1.29, 1.82) is 0 Å². The molecular formula is C17H15FN6. The van der Waals surface area contributed by atoms with Crippen LogP contribution in [0.3, 0.4) is 0 Å². The van der Waals surface area contributed by atoms with Crippen LogP contribution in [0.25, 0.3) is 27.8 Å². The Morgan fingerprint density at radius 1 is 1.33 bits per heavy atom. The van der Waals surface area contributed by atoms with Crippen LogP contribution >= 0.6 is 0 Å². The van der Waals surface area contributed by atoms with Gasteiger partial charge in [-0.15, -0.1) is 0 Å². The van der Waals surface area contributed by atoms with E-state index in [9.17, 15) is 4.39 Å². The van der Waals surface area contributed by atoms with E-state index >= 15 is 0 Å². The minimum atomic E-state index is -0.351. The highest BCUT2D eigenvalue weighted by Gasteiger charge is 2.21. The molecule has 24 heavy (non-hydrogen) atoms. The highest BCUT2D eigenvalue weighted by molar-refractivity contribution is 5.93. The standard InChI is InChI=1S/C17H15FN6/c18-14-5-11(9-24-4-3-19-16(14)24)12-7-20-15-13(12)8-22-17(23-15)21-6-10-1-2-10/h3-5,7-10H,1-2,6H2,(H2,20,21,22,23). The molecule has 4 heterocycles. The molecule has 120 valence electrons. The first-order chi connectivity index (χ1) is 11.8. The molecule has 0 aromatic carbocycles. The lowest BCUT2D eigenvalue weighted by Crippen LogP contribution is -2.06. The van der Waals surface area contributed by atoms with E-state index in [1.165, 1.54) is 18.9 Å². The number of fused-ring (bicyclic) bond motifs is 2. The molecule has 6 nitrogen and oxygen atoms in total. The van der Waals surface area contributed by atoms with E-state index in [-0.39, 0.29) is 5.82 Å². The van der Waals surface area contributed by atoms with Gasteiger partial charge in [0.25, 0.3) is 0 Å².